The highest BCUT2D eigenvalue weighted by molar-refractivity contribution is 7.14. The van der Waals surface area contributed by atoms with Gasteiger partial charge in [0.15, 0.2) is 0 Å². The quantitative estimate of drug-likeness (QED) is 0.198. The van der Waals surface area contributed by atoms with Crippen LogP contribution in [0.25, 0.3) is 22.6 Å². The van der Waals surface area contributed by atoms with E-state index < -0.39 is 12.0 Å². The number of pyridine rings is 1. The highest BCUT2D eigenvalue weighted by Gasteiger charge is 2.21. The lowest BCUT2D eigenvalue weighted by Crippen LogP contribution is -2.29. The number of aliphatic carboxylic acids is 1. The molecule has 1 unspecified atom stereocenters. The SMILES string of the molecule is CCCc1sc(C(=O)NC(CC(=O)O)c2ccccc2)cc1Cc1ccc(-c2ccccc2-c2nn[nH]n2)nc1. The fourth-order valence-electron chi connectivity index (χ4n) is 4.59. The lowest BCUT2D eigenvalue weighted by molar-refractivity contribution is -0.137. The first-order chi connectivity index (χ1) is 19.5. The number of nitrogens with zero attached hydrogens (tertiary/aromatic N) is 4. The first kappa shape index (κ1) is 26.9. The van der Waals surface area contributed by atoms with Gasteiger partial charge in [-0.25, -0.2) is 0 Å². The Morgan fingerprint density at radius 2 is 1.80 bits per heavy atom. The van der Waals surface area contributed by atoms with E-state index in [0.29, 0.717) is 17.1 Å². The van der Waals surface area contributed by atoms with Crippen LogP contribution in [0.2, 0.25) is 0 Å². The average molecular weight is 553 g/mol. The smallest absolute Gasteiger partial charge is 0.305 e. The number of benzene rings is 2. The van der Waals surface area contributed by atoms with Crippen LogP contribution in [0.3, 0.4) is 0 Å². The van der Waals surface area contributed by atoms with Gasteiger partial charge in [0.2, 0.25) is 5.82 Å². The van der Waals surface area contributed by atoms with E-state index in [1.807, 2.05) is 79.0 Å². The van der Waals surface area contributed by atoms with Crippen molar-refractivity contribution in [3.8, 4) is 22.6 Å². The van der Waals surface area contributed by atoms with Crippen molar-refractivity contribution in [3.05, 3.63) is 105 Å². The lowest BCUT2D eigenvalue weighted by atomic mass is 10.0. The van der Waals surface area contributed by atoms with Crippen LogP contribution in [-0.2, 0) is 17.6 Å². The number of thiophene rings is 1. The average Bonchev–Trinajstić information content (AvgIpc) is 3.65. The summed E-state index contributed by atoms with van der Waals surface area (Å²) in [5.41, 5.74) is 5.41. The highest BCUT2D eigenvalue weighted by atomic mass is 32.1. The third-order valence-corrected chi connectivity index (χ3v) is 7.73. The number of hydrogen-bond acceptors (Lipinski definition) is 7. The van der Waals surface area contributed by atoms with Gasteiger partial charge in [0.25, 0.3) is 5.91 Å². The van der Waals surface area contributed by atoms with Crippen molar-refractivity contribution in [2.75, 3.05) is 0 Å². The zero-order valence-corrected chi connectivity index (χ0v) is 22.7. The van der Waals surface area contributed by atoms with Crippen LogP contribution < -0.4 is 5.32 Å². The van der Waals surface area contributed by atoms with E-state index in [2.05, 4.69) is 32.9 Å². The van der Waals surface area contributed by atoms with Gasteiger partial charge in [0.05, 0.1) is 23.0 Å². The molecule has 10 heteroatoms. The van der Waals surface area contributed by atoms with E-state index in [1.54, 1.807) is 0 Å². The van der Waals surface area contributed by atoms with E-state index in [0.717, 1.165) is 51.2 Å². The second kappa shape index (κ2) is 12.4. The molecule has 0 spiro atoms. The summed E-state index contributed by atoms with van der Waals surface area (Å²) in [5.74, 6) is -0.730. The topological polar surface area (TPSA) is 134 Å². The van der Waals surface area contributed by atoms with Crippen LogP contribution in [0.15, 0.2) is 79.0 Å². The number of carbonyl (C=O) groups is 2. The van der Waals surface area contributed by atoms with Crippen LogP contribution in [-0.4, -0.2) is 42.6 Å². The summed E-state index contributed by atoms with van der Waals surface area (Å²) >= 11 is 1.47. The van der Waals surface area contributed by atoms with Gasteiger partial charge in [-0.1, -0.05) is 74.0 Å². The molecular weight excluding hydrogens is 524 g/mol. The molecule has 3 aromatic heterocycles. The number of H-pyrrole nitrogens is 1. The molecule has 0 saturated heterocycles. The number of aromatic amines is 1. The molecule has 0 radical (unpaired) electrons. The summed E-state index contributed by atoms with van der Waals surface area (Å²) in [6, 6.07) is 22.3. The second-order valence-corrected chi connectivity index (χ2v) is 10.5. The summed E-state index contributed by atoms with van der Waals surface area (Å²) in [5, 5.41) is 26.7. The Labute approximate surface area is 235 Å². The minimum absolute atomic E-state index is 0.191. The van der Waals surface area contributed by atoms with Gasteiger partial charge in [-0.2, -0.15) is 5.21 Å². The maximum absolute atomic E-state index is 13.2. The fourth-order valence-corrected chi connectivity index (χ4v) is 5.78. The molecule has 9 nitrogen and oxygen atoms in total. The Kier molecular flexibility index (Phi) is 8.36. The van der Waals surface area contributed by atoms with Crippen LogP contribution in [0, 0.1) is 0 Å². The summed E-state index contributed by atoms with van der Waals surface area (Å²) in [7, 11) is 0. The molecule has 40 heavy (non-hydrogen) atoms. The van der Waals surface area contributed by atoms with Crippen molar-refractivity contribution >= 4 is 23.2 Å². The van der Waals surface area contributed by atoms with Crippen molar-refractivity contribution in [2.24, 2.45) is 0 Å². The minimum atomic E-state index is -0.969. The van der Waals surface area contributed by atoms with Crippen molar-refractivity contribution in [1.82, 2.24) is 30.9 Å². The minimum Gasteiger partial charge on any atom is -0.481 e. The van der Waals surface area contributed by atoms with Gasteiger partial charge < -0.3 is 10.4 Å². The number of tetrazole rings is 1. The molecule has 0 aliphatic carbocycles. The summed E-state index contributed by atoms with van der Waals surface area (Å²) in [4.78, 5) is 31.2. The van der Waals surface area contributed by atoms with E-state index in [9.17, 15) is 14.7 Å². The second-order valence-electron chi connectivity index (χ2n) is 9.35. The Bertz CT molecular complexity index is 1580. The van der Waals surface area contributed by atoms with Gasteiger partial charge >= 0.3 is 5.97 Å². The Morgan fingerprint density at radius 3 is 2.48 bits per heavy atom. The molecule has 1 amide bonds. The number of aromatic nitrogens is 5. The predicted molar refractivity (Wildman–Crippen MR) is 153 cm³/mol. The number of carboxylic acid groups (broad SMARTS) is 1. The standard InChI is InChI=1S/C30H28N6O3S/c1-2-8-26-21(16-27(40-26)30(39)32-25(17-28(37)38)20-9-4-3-5-10-20)15-19-13-14-24(31-18-19)22-11-6-7-12-23(22)29-33-35-36-34-29/h3-7,9-14,16,18,25H,2,8,15,17H2,1H3,(H,32,39)(H,37,38)(H,33,34,35,36). The molecule has 202 valence electrons. The van der Waals surface area contributed by atoms with Gasteiger partial charge in [-0.3, -0.25) is 14.6 Å². The lowest BCUT2D eigenvalue weighted by Gasteiger charge is -2.16. The highest BCUT2D eigenvalue weighted by Crippen LogP contribution is 2.30. The molecule has 2 aromatic carbocycles. The predicted octanol–water partition coefficient (Wildman–Crippen LogP) is 5.48. The van der Waals surface area contributed by atoms with Gasteiger partial charge in [0, 0.05) is 28.6 Å². The molecule has 5 rings (SSSR count). The van der Waals surface area contributed by atoms with Gasteiger partial charge in [0.1, 0.15) is 0 Å². The molecule has 0 aliphatic rings. The Morgan fingerprint density at radius 1 is 1.02 bits per heavy atom. The largest absolute Gasteiger partial charge is 0.481 e. The number of amides is 1. The Hall–Kier alpha value is -4.70. The zero-order chi connectivity index (χ0) is 27.9. The van der Waals surface area contributed by atoms with Crippen molar-refractivity contribution in [1.29, 1.82) is 0 Å². The molecule has 5 aromatic rings. The van der Waals surface area contributed by atoms with E-state index in [-0.39, 0.29) is 12.3 Å². The summed E-state index contributed by atoms with van der Waals surface area (Å²) in [6.07, 6.45) is 4.10. The first-order valence-corrected chi connectivity index (χ1v) is 13.8. The molecule has 3 N–H and O–H groups in total. The first-order valence-electron chi connectivity index (χ1n) is 13.0. The van der Waals surface area contributed by atoms with Crippen molar-refractivity contribution < 1.29 is 14.7 Å². The normalized spacial score (nSPS) is 11.7. The molecule has 0 bridgehead atoms. The van der Waals surface area contributed by atoms with Crippen LogP contribution in [0.5, 0.6) is 0 Å². The number of carboxylic acids is 1. The van der Waals surface area contributed by atoms with E-state index >= 15 is 0 Å². The fraction of sp³-hybridized carbons (Fsp3) is 0.200. The maximum Gasteiger partial charge on any atom is 0.305 e. The molecule has 0 saturated carbocycles. The number of nitrogens with one attached hydrogen (secondary N) is 2. The number of rotatable bonds is 11. The third kappa shape index (κ3) is 6.29. The van der Waals surface area contributed by atoms with Crippen molar-refractivity contribution in [3.63, 3.8) is 0 Å². The zero-order valence-electron chi connectivity index (χ0n) is 21.9. The number of hydrogen-bond donors (Lipinski definition) is 3. The maximum atomic E-state index is 13.2. The third-order valence-electron chi connectivity index (χ3n) is 6.49. The molecular formula is C30H28N6O3S. The summed E-state index contributed by atoms with van der Waals surface area (Å²) < 4.78 is 0. The summed E-state index contributed by atoms with van der Waals surface area (Å²) in [6.45, 7) is 2.11. The number of carbonyl (C=O) groups excluding carboxylic acids is 1. The van der Waals surface area contributed by atoms with Gasteiger partial charge in [-0.05, 0) is 40.5 Å². The molecule has 1 atom stereocenters. The van der Waals surface area contributed by atoms with Crippen LogP contribution in [0.4, 0.5) is 0 Å². The van der Waals surface area contributed by atoms with Gasteiger partial charge in [-0.15, -0.1) is 21.5 Å². The molecule has 3 heterocycles. The van der Waals surface area contributed by atoms with E-state index in [1.165, 1.54) is 11.3 Å². The molecule has 0 aliphatic heterocycles. The van der Waals surface area contributed by atoms with Crippen molar-refractivity contribution in [2.45, 2.75) is 38.6 Å². The van der Waals surface area contributed by atoms with E-state index in [4.69, 9.17) is 4.98 Å². The molecule has 0 fully saturated rings. The number of aryl methyl sites for hydroxylation is 1. The van der Waals surface area contributed by atoms with Crippen LogP contribution in [0.1, 0.15) is 57.0 Å². The monoisotopic (exact) mass is 552 g/mol. The Balaban J connectivity index is 1.35. The van der Waals surface area contributed by atoms with Crippen LogP contribution >= 0.6 is 11.3 Å².